The fraction of sp³-hybridized carbons (Fsp3) is 0.706. The highest BCUT2D eigenvalue weighted by Crippen LogP contribution is 2.33. The summed E-state index contributed by atoms with van der Waals surface area (Å²) in [6.45, 7) is 5.31. The highest BCUT2D eigenvalue weighted by molar-refractivity contribution is 5.04. The minimum absolute atomic E-state index is 0.253. The van der Waals surface area contributed by atoms with Gasteiger partial charge in [-0.25, -0.2) is 0 Å². The van der Waals surface area contributed by atoms with Crippen molar-refractivity contribution in [1.29, 1.82) is 0 Å². The first-order valence-electron chi connectivity index (χ1n) is 8.16. The van der Waals surface area contributed by atoms with Gasteiger partial charge >= 0.3 is 0 Å². The van der Waals surface area contributed by atoms with E-state index >= 15 is 0 Å². The highest BCUT2D eigenvalue weighted by atomic mass is 15.2. The predicted octanol–water partition coefficient (Wildman–Crippen LogP) is 3.00. The smallest absolute Gasteiger partial charge is 0.0416 e. The van der Waals surface area contributed by atoms with Crippen molar-refractivity contribution in [2.45, 2.75) is 57.4 Å². The van der Waals surface area contributed by atoms with Crippen LogP contribution in [0.4, 0.5) is 0 Å². The van der Waals surface area contributed by atoms with E-state index in [4.69, 9.17) is 5.73 Å². The molecule has 0 bridgehead atoms. The Morgan fingerprint density at radius 3 is 2.60 bits per heavy atom. The van der Waals surface area contributed by atoms with Crippen LogP contribution >= 0.6 is 0 Å². The molecule has 20 heavy (non-hydrogen) atoms. The zero-order chi connectivity index (χ0) is 14.3. The second kappa shape index (κ2) is 7.75. The van der Waals surface area contributed by atoms with E-state index in [0.29, 0.717) is 0 Å². The molecule has 0 unspecified atom stereocenters. The molecule has 0 spiro atoms. The van der Waals surface area contributed by atoms with Crippen LogP contribution in [0.5, 0.6) is 0 Å². The number of rotatable bonds is 7. The molecule has 1 aromatic rings. The minimum atomic E-state index is 0.253. The van der Waals surface area contributed by atoms with Crippen molar-refractivity contribution in [3.8, 4) is 0 Å². The molecular formula is C17H29N3. The second-order valence-electron chi connectivity index (χ2n) is 6.05. The van der Waals surface area contributed by atoms with Gasteiger partial charge in [0.1, 0.15) is 0 Å². The lowest BCUT2D eigenvalue weighted by Crippen LogP contribution is -2.55. The lowest BCUT2D eigenvalue weighted by Gasteiger charge is -2.46. The maximum Gasteiger partial charge on any atom is 0.0416 e. The van der Waals surface area contributed by atoms with E-state index in [9.17, 15) is 0 Å². The molecule has 3 heteroatoms. The van der Waals surface area contributed by atoms with Crippen LogP contribution < -0.4 is 5.73 Å². The molecule has 3 nitrogen and oxygen atoms in total. The standard InChI is InChI=1S/C17H29N3/c1-2-13-20(14-9-16-8-4-7-12-19-16)17(15-18)10-5-3-6-11-17/h4,7-8,12H,2-3,5-6,9-11,13-15,18H2,1H3. The molecule has 2 rings (SSSR count). The molecule has 1 aromatic heterocycles. The van der Waals surface area contributed by atoms with Crippen molar-refractivity contribution >= 4 is 0 Å². The first kappa shape index (κ1) is 15.5. The fourth-order valence-corrected chi connectivity index (χ4v) is 3.51. The van der Waals surface area contributed by atoms with Gasteiger partial charge in [-0.05, 0) is 37.9 Å². The van der Waals surface area contributed by atoms with Gasteiger partial charge < -0.3 is 5.73 Å². The van der Waals surface area contributed by atoms with Gasteiger partial charge in [-0.2, -0.15) is 0 Å². The molecular weight excluding hydrogens is 246 g/mol. The van der Waals surface area contributed by atoms with Crippen LogP contribution in [0, 0.1) is 0 Å². The maximum absolute atomic E-state index is 6.18. The molecule has 1 saturated carbocycles. The van der Waals surface area contributed by atoms with Crippen LogP contribution in [0.25, 0.3) is 0 Å². The summed E-state index contributed by atoms with van der Waals surface area (Å²) in [6, 6.07) is 6.18. The van der Waals surface area contributed by atoms with Crippen LogP contribution in [0.1, 0.15) is 51.1 Å². The largest absolute Gasteiger partial charge is 0.329 e. The summed E-state index contributed by atoms with van der Waals surface area (Å²) in [5.41, 5.74) is 7.63. The van der Waals surface area contributed by atoms with Gasteiger partial charge in [0.2, 0.25) is 0 Å². The summed E-state index contributed by atoms with van der Waals surface area (Å²) in [5, 5.41) is 0. The third-order valence-corrected chi connectivity index (χ3v) is 4.69. The normalized spacial score (nSPS) is 18.4. The summed E-state index contributed by atoms with van der Waals surface area (Å²) in [5.74, 6) is 0. The average Bonchev–Trinajstić information content (AvgIpc) is 2.53. The van der Waals surface area contributed by atoms with Crippen LogP contribution in [0.2, 0.25) is 0 Å². The van der Waals surface area contributed by atoms with Crippen molar-refractivity contribution in [1.82, 2.24) is 9.88 Å². The zero-order valence-corrected chi connectivity index (χ0v) is 12.9. The van der Waals surface area contributed by atoms with Gasteiger partial charge in [-0.3, -0.25) is 9.88 Å². The van der Waals surface area contributed by atoms with Gasteiger partial charge in [0.15, 0.2) is 0 Å². The molecule has 0 atom stereocenters. The molecule has 112 valence electrons. The number of hydrogen-bond donors (Lipinski definition) is 1. The summed E-state index contributed by atoms with van der Waals surface area (Å²) in [4.78, 5) is 7.10. The van der Waals surface area contributed by atoms with E-state index in [1.54, 1.807) is 0 Å². The summed E-state index contributed by atoms with van der Waals surface area (Å²) in [7, 11) is 0. The van der Waals surface area contributed by atoms with Gasteiger partial charge in [-0.1, -0.05) is 32.3 Å². The third-order valence-electron chi connectivity index (χ3n) is 4.69. The van der Waals surface area contributed by atoms with Crippen molar-refractivity contribution in [3.05, 3.63) is 30.1 Å². The van der Waals surface area contributed by atoms with Crippen molar-refractivity contribution in [3.63, 3.8) is 0 Å². The van der Waals surface area contributed by atoms with E-state index in [-0.39, 0.29) is 5.54 Å². The van der Waals surface area contributed by atoms with Crippen LogP contribution in [-0.2, 0) is 6.42 Å². The van der Waals surface area contributed by atoms with Crippen LogP contribution in [0.3, 0.4) is 0 Å². The maximum atomic E-state index is 6.18. The molecule has 0 aromatic carbocycles. The number of hydrogen-bond acceptors (Lipinski definition) is 3. The predicted molar refractivity (Wildman–Crippen MR) is 84.7 cm³/mol. The lowest BCUT2D eigenvalue weighted by atomic mass is 9.80. The Morgan fingerprint density at radius 2 is 2.00 bits per heavy atom. The van der Waals surface area contributed by atoms with Crippen molar-refractivity contribution in [2.24, 2.45) is 5.73 Å². The molecule has 2 N–H and O–H groups in total. The fourth-order valence-electron chi connectivity index (χ4n) is 3.51. The van der Waals surface area contributed by atoms with Gasteiger partial charge in [0, 0.05) is 36.9 Å². The first-order valence-corrected chi connectivity index (χ1v) is 8.16. The first-order chi connectivity index (χ1) is 9.80. The molecule has 1 fully saturated rings. The third kappa shape index (κ3) is 3.80. The van der Waals surface area contributed by atoms with Crippen molar-refractivity contribution < 1.29 is 0 Å². The molecule has 1 aliphatic rings. The Bertz CT molecular complexity index is 371. The van der Waals surface area contributed by atoms with E-state index in [1.807, 2.05) is 12.3 Å². The second-order valence-corrected chi connectivity index (χ2v) is 6.05. The Balaban J connectivity index is 2.01. The SMILES string of the molecule is CCCN(CCc1ccccn1)C1(CN)CCCCC1. The van der Waals surface area contributed by atoms with Crippen LogP contribution in [0.15, 0.2) is 24.4 Å². The lowest BCUT2D eigenvalue weighted by molar-refractivity contribution is 0.0575. The van der Waals surface area contributed by atoms with E-state index in [0.717, 1.165) is 26.1 Å². The molecule has 1 aliphatic carbocycles. The Kier molecular flexibility index (Phi) is 5.99. The topological polar surface area (TPSA) is 42.2 Å². The minimum Gasteiger partial charge on any atom is -0.329 e. The number of pyridine rings is 1. The van der Waals surface area contributed by atoms with Gasteiger partial charge in [-0.15, -0.1) is 0 Å². The number of nitrogens with two attached hydrogens (primary N) is 1. The molecule has 1 heterocycles. The highest BCUT2D eigenvalue weighted by Gasteiger charge is 2.35. The van der Waals surface area contributed by atoms with Gasteiger partial charge in [0.25, 0.3) is 0 Å². The average molecular weight is 275 g/mol. The Hall–Kier alpha value is -0.930. The molecule has 0 aliphatic heterocycles. The molecule has 0 saturated heterocycles. The van der Waals surface area contributed by atoms with E-state index < -0.39 is 0 Å². The summed E-state index contributed by atoms with van der Waals surface area (Å²) >= 11 is 0. The Labute approximate surface area is 123 Å². The molecule has 0 amide bonds. The summed E-state index contributed by atoms with van der Waals surface area (Å²) < 4.78 is 0. The van der Waals surface area contributed by atoms with Crippen LogP contribution in [-0.4, -0.2) is 35.1 Å². The number of aromatic nitrogens is 1. The number of nitrogens with zero attached hydrogens (tertiary/aromatic N) is 2. The van der Waals surface area contributed by atoms with Crippen molar-refractivity contribution in [2.75, 3.05) is 19.6 Å². The summed E-state index contributed by atoms with van der Waals surface area (Å²) in [6.07, 6.45) is 10.7. The van der Waals surface area contributed by atoms with E-state index in [1.165, 1.54) is 44.2 Å². The molecule has 0 radical (unpaired) electrons. The Morgan fingerprint density at radius 1 is 1.20 bits per heavy atom. The van der Waals surface area contributed by atoms with E-state index in [2.05, 4.69) is 28.9 Å². The monoisotopic (exact) mass is 275 g/mol. The quantitative estimate of drug-likeness (QED) is 0.832. The zero-order valence-electron chi connectivity index (χ0n) is 12.9. The van der Waals surface area contributed by atoms with Gasteiger partial charge in [0.05, 0.1) is 0 Å².